The third kappa shape index (κ3) is 11.1. The Balaban J connectivity index is 2.13. The number of hydrogen-bond acceptors (Lipinski definition) is 4. The lowest BCUT2D eigenvalue weighted by Crippen LogP contribution is -2.54. The fourth-order valence-electron chi connectivity index (χ4n) is 5.31. The number of rotatable bonds is 20. The minimum Gasteiger partial charge on any atom is -0.462 e. The first-order valence-corrected chi connectivity index (χ1v) is 16.1. The van der Waals surface area contributed by atoms with Crippen molar-refractivity contribution in [2.75, 3.05) is 13.2 Å². The van der Waals surface area contributed by atoms with E-state index in [-0.39, 0.29) is 24.3 Å². The zero-order chi connectivity index (χ0) is 33.3. The van der Waals surface area contributed by atoms with E-state index in [9.17, 15) is 35.9 Å². The number of esters is 2. The highest BCUT2D eigenvalue weighted by atomic mass is 19.4. The molecule has 0 aliphatic rings. The SMILES string of the molecule is CCCCCCCCCOC(=O)c1ccc(C(c2ccc(C(=O)OCCCCCCCCC)cc2)(C(F)(F)F)C(F)(F)F)cc1. The minimum atomic E-state index is -5.80. The number of carbonyl (C=O) groups excluding carboxylic acids is 2. The third-order valence-corrected chi connectivity index (χ3v) is 7.92. The highest BCUT2D eigenvalue weighted by Gasteiger charge is 2.72. The molecule has 0 aliphatic heterocycles. The van der Waals surface area contributed by atoms with Gasteiger partial charge in [-0.25, -0.2) is 9.59 Å². The molecule has 4 nitrogen and oxygen atoms in total. The Morgan fingerprint density at radius 3 is 1.07 bits per heavy atom. The molecule has 0 radical (unpaired) electrons. The van der Waals surface area contributed by atoms with E-state index in [4.69, 9.17) is 9.47 Å². The van der Waals surface area contributed by atoms with Gasteiger partial charge in [0.1, 0.15) is 0 Å². The van der Waals surface area contributed by atoms with Gasteiger partial charge < -0.3 is 9.47 Å². The molecule has 2 rings (SSSR count). The van der Waals surface area contributed by atoms with Crippen molar-refractivity contribution in [2.45, 2.75) is 122 Å². The van der Waals surface area contributed by atoms with Gasteiger partial charge in [0.05, 0.1) is 24.3 Å². The number of unbranched alkanes of at least 4 members (excludes halogenated alkanes) is 12. The number of carbonyl (C=O) groups is 2. The molecule has 2 aromatic carbocycles. The molecule has 0 saturated heterocycles. The summed E-state index contributed by atoms with van der Waals surface area (Å²) in [6.07, 6.45) is 2.32. The van der Waals surface area contributed by atoms with Crippen LogP contribution in [-0.2, 0) is 14.9 Å². The van der Waals surface area contributed by atoms with E-state index >= 15 is 0 Å². The van der Waals surface area contributed by atoms with Crippen molar-refractivity contribution in [1.82, 2.24) is 0 Å². The first-order valence-electron chi connectivity index (χ1n) is 16.1. The predicted octanol–water partition coefficient (Wildman–Crippen LogP) is 10.9. The van der Waals surface area contributed by atoms with Gasteiger partial charge in [0.25, 0.3) is 0 Å². The van der Waals surface area contributed by atoms with Crippen LogP contribution in [0.25, 0.3) is 0 Å². The Kier molecular flexibility index (Phi) is 15.9. The first-order chi connectivity index (χ1) is 21.4. The Hall–Kier alpha value is -3.04. The molecular formula is C35H46F6O4. The molecule has 0 aliphatic carbocycles. The van der Waals surface area contributed by atoms with Crippen molar-refractivity contribution in [2.24, 2.45) is 0 Å². The summed E-state index contributed by atoms with van der Waals surface area (Å²) in [5.41, 5.74) is -6.93. The molecule has 0 bridgehead atoms. The molecule has 0 spiro atoms. The van der Waals surface area contributed by atoms with Crippen molar-refractivity contribution in [3.8, 4) is 0 Å². The number of benzene rings is 2. The lowest BCUT2D eigenvalue weighted by Gasteiger charge is -2.38. The number of halogens is 6. The second kappa shape index (κ2) is 18.8. The third-order valence-electron chi connectivity index (χ3n) is 7.92. The number of hydrogen-bond donors (Lipinski definition) is 0. The summed E-state index contributed by atoms with van der Waals surface area (Å²) in [6.45, 7) is 4.45. The van der Waals surface area contributed by atoms with E-state index in [0.717, 1.165) is 101 Å². The Morgan fingerprint density at radius 1 is 0.489 bits per heavy atom. The molecule has 45 heavy (non-hydrogen) atoms. The fourth-order valence-corrected chi connectivity index (χ4v) is 5.31. The molecule has 0 heterocycles. The molecule has 0 amide bonds. The van der Waals surface area contributed by atoms with Crippen LogP contribution in [0.1, 0.15) is 136 Å². The van der Waals surface area contributed by atoms with Crippen molar-refractivity contribution < 1.29 is 45.4 Å². The van der Waals surface area contributed by atoms with Gasteiger partial charge in [-0.2, -0.15) is 26.3 Å². The van der Waals surface area contributed by atoms with E-state index in [1.54, 1.807) is 0 Å². The Labute approximate surface area is 262 Å². The van der Waals surface area contributed by atoms with Crippen LogP contribution < -0.4 is 0 Å². The molecule has 0 unspecified atom stereocenters. The van der Waals surface area contributed by atoms with Crippen LogP contribution in [0.3, 0.4) is 0 Å². The Bertz CT molecular complexity index is 1050. The molecule has 0 aromatic heterocycles. The van der Waals surface area contributed by atoms with Crippen LogP contribution in [0.4, 0.5) is 26.3 Å². The van der Waals surface area contributed by atoms with Gasteiger partial charge >= 0.3 is 24.3 Å². The maximum atomic E-state index is 14.5. The summed E-state index contributed by atoms with van der Waals surface area (Å²) in [5.74, 6) is -1.65. The monoisotopic (exact) mass is 644 g/mol. The normalized spacial score (nSPS) is 12.3. The van der Waals surface area contributed by atoms with E-state index in [1.165, 1.54) is 0 Å². The summed E-state index contributed by atoms with van der Waals surface area (Å²) < 4.78 is 97.5. The first kappa shape index (κ1) is 38.1. The second-order valence-corrected chi connectivity index (χ2v) is 11.4. The van der Waals surface area contributed by atoms with Crippen LogP contribution in [-0.4, -0.2) is 37.5 Å². The lowest BCUT2D eigenvalue weighted by molar-refractivity contribution is -0.288. The molecule has 252 valence electrons. The van der Waals surface area contributed by atoms with Gasteiger partial charge in [0, 0.05) is 0 Å². The van der Waals surface area contributed by atoms with Crippen molar-refractivity contribution in [1.29, 1.82) is 0 Å². The van der Waals surface area contributed by atoms with Crippen molar-refractivity contribution in [3.63, 3.8) is 0 Å². The van der Waals surface area contributed by atoms with Gasteiger partial charge in [-0.1, -0.05) is 115 Å². The molecule has 2 aromatic rings. The standard InChI is InChI=1S/C35H46F6O4/c1-3-5-7-9-11-13-15-25-44-31(42)27-17-21-29(22-18-27)33(34(36,37)38,35(39,40)41)30-23-19-28(20-24-30)32(43)45-26-16-14-12-10-8-6-4-2/h17-24H,3-16,25-26H2,1-2H3. The van der Waals surface area contributed by atoms with Gasteiger partial charge in [-0.05, 0) is 48.2 Å². The molecule has 0 fully saturated rings. The zero-order valence-electron chi connectivity index (χ0n) is 26.3. The van der Waals surface area contributed by atoms with E-state index < -0.39 is 40.8 Å². The maximum absolute atomic E-state index is 14.5. The van der Waals surface area contributed by atoms with Crippen LogP contribution in [0, 0.1) is 0 Å². The summed E-state index contributed by atoms with van der Waals surface area (Å²) >= 11 is 0. The number of alkyl halides is 6. The van der Waals surface area contributed by atoms with Crippen LogP contribution in [0.2, 0.25) is 0 Å². The van der Waals surface area contributed by atoms with Crippen molar-refractivity contribution >= 4 is 11.9 Å². The van der Waals surface area contributed by atoms with Gasteiger partial charge in [0.2, 0.25) is 5.41 Å². The average Bonchev–Trinajstić information content (AvgIpc) is 2.99. The second-order valence-electron chi connectivity index (χ2n) is 11.4. The summed E-state index contributed by atoms with van der Waals surface area (Å²) in [5, 5.41) is 0. The quantitative estimate of drug-likeness (QED) is 0.0818. The highest BCUT2D eigenvalue weighted by molar-refractivity contribution is 5.90. The predicted molar refractivity (Wildman–Crippen MR) is 162 cm³/mol. The van der Waals surface area contributed by atoms with E-state index in [2.05, 4.69) is 13.8 Å². The lowest BCUT2D eigenvalue weighted by atomic mass is 9.72. The topological polar surface area (TPSA) is 52.6 Å². The van der Waals surface area contributed by atoms with E-state index in [1.807, 2.05) is 0 Å². The number of ether oxygens (including phenoxy) is 2. The molecule has 0 atom stereocenters. The maximum Gasteiger partial charge on any atom is 0.411 e. The molecule has 0 N–H and O–H groups in total. The highest BCUT2D eigenvalue weighted by Crippen LogP contribution is 2.56. The van der Waals surface area contributed by atoms with Crippen molar-refractivity contribution in [3.05, 3.63) is 70.8 Å². The summed E-state index contributed by atoms with van der Waals surface area (Å²) in [4.78, 5) is 24.8. The molecule has 10 heteroatoms. The molecule has 0 saturated carbocycles. The van der Waals surface area contributed by atoms with E-state index in [0.29, 0.717) is 37.1 Å². The fraction of sp³-hybridized carbons (Fsp3) is 0.600. The largest absolute Gasteiger partial charge is 0.462 e. The summed E-state index contributed by atoms with van der Waals surface area (Å²) in [6, 6.07) is 6.22. The van der Waals surface area contributed by atoms with Gasteiger partial charge in [-0.3, -0.25) is 0 Å². The van der Waals surface area contributed by atoms with Gasteiger partial charge in [-0.15, -0.1) is 0 Å². The molecular weight excluding hydrogens is 598 g/mol. The smallest absolute Gasteiger partial charge is 0.411 e. The summed E-state index contributed by atoms with van der Waals surface area (Å²) in [7, 11) is 0. The minimum absolute atomic E-state index is 0.108. The van der Waals surface area contributed by atoms with Gasteiger partial charge in [0.15, 0.2) is 0 Å². The zero-order valence-corrected chi connectivity index (χ0v) is 26.3. The van der Waals surface area contributed by atoms with Crippen LogP contribution >= 0.6 is 0 Å². The van der Waals surface area contributed by atoms with Crippen LogP contribution in [0.15, 0.2) is 48.5 Å². The van der Waals surface area contributed by atoms with Crippen LogP contribution in [0.5, 0.6) is 0 Å². The Morgan fingerprint density at radius 2 is 0.778 bits per heavy atom. The average molecular weight is 645 g/mol.